The second-order valence-electron chi connectivity index (χ2n) is 5.12. The van der Waals surface area contributed by atoms with Crippen LogP contribution in [0.1, 0.15) is 31.0 Å². The van der Waals surface area contributed by atoms with Gasteiger partial charge in [0.25, 0.3) is 0 Å². The third kappa shape index (κ3) is 1.20. The normalized spacial score (nSPS) is 22.9. The van der Waals surface area contributed by atoms with Crippen LogP contribution in [0.25, 0.3) is 10.9 Å². The van der Waals surface area contributed by atoms with Crippen molar-refractivity contribution >= 4 is 10.9 Å². The maximum atomic E-state index is 4.08. The average molecular weight is 225 g/mol. The van der Waals surface area contributed by atoms with E-state index in [1.165, 1.54) is 29.4 Å². The lowest BCUT2D eigenvalue weighted by molar-refractivity contribution is 0.487. The van der Waals surface area contributed by atoms with Gasteiger partial charge >= 0.3 is 0 Å². The Morgan fingerprint density at radius 2 is 2.18 bits per heavy atom. The van der Waals surface area contributed by atoms with Crippen molar-refractivity contribution < 1.29 is 0 Å². The summed E-state index contributed by atoms with van der Waals surface area (Å²) in [5.41, 5.74) is 4.60. The van der Waals surface area contributed by atoms with Crippen LogP contribution in [0.4, 0.5) is 0 Å². The highest BCUT2D eigenvalue weighted by Crippen LogP contribution is 2.46. The summed E-state index contributed by atoms with van der Waals surface area (Å²) in [5.74, 6) is 0. The van der Waals surface area contributed by atoms with Crippen molar-refractivity contribution in [2.45, 2.75) is 31.6 Å². The minimum atomic E-state index is 0.198. The van der Waals surface area contributed by atoms with Crippen LogP contribution in [-0.2, 0) is 18.9 Å². The van der Waals surface area contributed by atoms with Gasteiger partial charge in [0.1, 0.15) is 0 Å². The van der Waals surface area contributed by atoms with Gasteiger partial charge < -0.3 is 4.57 Å². The van der Waals surface area contributed by atoms with E-state index in [0.29, 0.717) is 0 Å². The number of hydrogen-bond donors (Lipinski definition) is 0. The zero-order valence-electron chi connectivity index (χ0n) is 10.7. The van der Waals surface area contributed by atoms with Crippen molar-refractivity contribution in [3.05, 3.63) is 48.2 Å². The molecule has 1 aromatic heterocycles. The fourth-order valence-electron chi connectivity index (χ4n) is 3.51. The van der Waals surface area contributed by atoms with E-state index in [9.17, 15) is 0 Å². The van der Waals surface area contributed by atoms with Gasteiger partial charge in [0, 0.05) is 29.1 Å². The molecule has 1 atom stereocenters. The minimum Gasteiger partial charge on any atom is -0.347 e. The molecule has 1 nitrogen and oxygen atoms in total. The molecule has 0 aliphatic heterocycles. The van der Waals surface area contributed by atoms with Crippen LogP contribution < -0.4 is 0 Å². The summed E-state index contributed by atoms with van der Waals surface area (Å²) in [6.07, 6.45) is 5.72. The third-order valence-electron chi connectivity index (χ3n) is 4.53. The fourth-order valence-corrected chi connectivity index (χ4v) is 3.51. The average Bonchev–Trinajstić information content (AvgIpc) is 2.89. The van der Waals surface area contributed by atoms with Crippen LogP contribution in [0.2, 0.25) is 0 Å². The van der Waals surface area contributed by atoms with Gasteiger partial charge in [-0.3, -0.25) is 0 Å². The molecule has 0 bridgehead atoms. The second-order valence-corrected chi connectivity index (χ2v) is 5.12. The van der Waals surface area contributed by atoms with Crippen LogP contribution >= 0.6 is 0 Å². The zero-order chi connectivity index (χ0) is 12.0. The van der Waals surface area contributed by atoms with E-state index in [4.69, 9.17) is 0 Å². The maximum absolute atomic E-state index is 4.08. The molecule has 0 N–H and O–H groups in total. The summed E-state index contributed by atoms with van der Waals surface area (Å²) in [7, 11) is 2.19. The largest absolute Gasteiger partial charge is 0.347 e. The van der Waals surface area contributed by atoms with E-state index in [1.807, 2.05) is 0 Å². The van der Waals surface area contributed by atoms with Gasteiger partial charge in [0.15, 0.2) is 0 Å². The first-order chi connectivity index (χ1) is 8.23. The van der Waals surface area contributed by atoms with Crippen molar-refractivity contribution in [1.82, 2.24) is 4.57 Å². The van der Waals surface area contributed by atoms with E-state index in [1.54, 1.807) is 5.56 Å². The fraction of sp³-hybridized carbons (Fsp3) is 0.375. The van der Waals surface area contributed by atoms with E-state index < -0.39 is 0 Å². The van der Waals surface area contributed by atoms with Crippen molar-refractivity contribution in [2.24, 2.45) is 7.05 Å². The molecule has 0 amide bonds. The zero-order valence-corrected chi connectivity index (χ0v) is 10.7. The lowest BCUT2D eigenvalue weighted by Crippen LogP contribution is -2.21. The summed E-state index contributed by atoms with van der Waals surface area (Å²) in [5, 5.41) is 1.43. The van der Waals surface area contributed by atoms with Crippen molar-refractivity contribution in [3.63, 3.8) is 0 Å². The topological polar surface area (TPSA) is 4.93 Å². The number of aromatic nitrogens is 1. The van der Waals surface area contributed by atoms with Crippen molar-refractivity contribution in [1.29, 1.82) is 0 Å². The van der Waals surface area contributed by atoms with E-state index >= 15 is 0 Å². The number of benzene rings is 1. The Morgan fingerprint density at radius 1 is 1.41 bits per heavy atom. The van der Waals surface area contributed by atoms with Gasteiger partial charge in [-0.2, -0.15) is 0 Å². The molecule has 1 aliphatic rings. The first-order valence-electron chi connectivity index (χ1n) is 6.44. The molecule has 0 saturated carbocycles. The first kappa shape index (κ1) is 10.6. The Labute approximate surface area is 103 Å². The molecule has 0 saturated heterocycles. The standard InChI is InChI=1S/C16H19N/c1-4-16(5-2)11-10-13-12-8-6-7-9-14(12)17(3)15(13)16/h4,6-9H,1,5,10-11H2,2-3H3. The van der Waals surface area contributed by atoms with Gasteiger partial charge in [0.2, 0.25) is 0 Å². The summed E-state index contributed by atoms with van der Waals surface area (Å²) in [6, 6.07) is 8.74. The lowest BCUT2D eigenvalue weighted by atomic mass is 9.82. The number of para-hydroxylation sites is 1. The van der Waals surface area contributed by atoms with Crippen LogP contribution in [0.5, 0.6) is 0 Å². The summed E-state index contributed by atoms with van der Waals surface area (Å²) in [4.78, 5) is 0. The summed E-state index contributed by atoms with van der Waals surface area (Å²) >= 11 is 0. The van der Waals surface area contributed by atoms with Gasteiger partial charge in [-0.15, -0.1) is 6.58 Å². The van der Waals surface area contributed by atoms with Crippen LogP contribution in [0.15, 0.2) is 36.9 Å². The third-order valence-corrected chi connectivity index (χ3v) is 4.53. The molecule has 2 aromatic rings. The van der Waals surface area contributed by atoms with Crippen molar-refractivity contribution in [3.8, 4) is 0 Å². The lowest BCUT2D eigenvalue weighted by Gasteiger charge is -2.25. The van der Waals surface area contributed by atoms with Crippen LogP contribution in [0, 0.1) is 0 Å². The molecular formula is C16H19N. The van der Waals surface area contributed by atoms with Crippen molar-refractivity contribution in [2.75, 3.05) is 0 Å². The molecule has 17 heavy (non-hydrogen) atoms. The second kappa shape index (κ2) is 3.49. The monoisotopic (exact) mass is 225 g/mol. The molecule has 0 fully saturated rings. The molecule has 1 heteroatoms. The number of fused-ring (bicyclic) bond motifs is 3. The highest BCUT2D eigenvalue weighted by molar-refractivity contribution is 5.87. The molecule has 1 aromatic carbocycles. The Hall–Kier alpha value is -1.50. The first-order valence-corrected chi connectivity index (χ1v) is 6.44. The number of aryl methyl sites for hydroxylation is 2. The maximum Gasteiger partial charge on any atom is 0.0483 e. The SMILES string of the molecule is C=CC1(CC)CCc2c1n(C)c1ccccc21. The number of allylic oxidation sites excluding steroid dienone is 1. The van der Waals surface area contributed by atoms with E-state index in [0.717, 1.165) is 6.42 Å². The molecule has 3 rings (SSSR count). The highest BCUT2D eigenvalue weighted by Gasteiger charge is 2.38. The molecule has 0 radical (unpaired) electrons. The van der Waals surface area contributed by atoms with E-state index in [-0.39, 0.29) is 5.41 Å². The Bertz CT molecular complexity index is 591. The number of nitrogens with zero attached hydrogens (tertiary/aromatic N) is 1. The van der Waals surface area contributed by atoms with Gasteiger partial charge in [0.05, 0.1) is 0 Å². The van der Waals surface area contributed by atoms with Gasteiger partial charge in [-0.05, 0) is 30.9 Å². The molecule has 1 aliphatic carbocycles. The molecular weight excluding hydrogens is 206 g/mol. The molecule has 1 unspecified atom stereocenters. The summed E-state index contributed by atoms with van der Waals surface area (Å²) in [6.45, 7) is 6.35. The Balaban J connectivity index is 2.39. The number of rotatable bonds is 2. The van der Waals surface area contributed by atoms with E-state index in [2.05, 4.69) is 55.5 Å². The Morgan fingerprint density at radius 3 is 2.88 bits per heavy atom. The minimum absolute atomic E-state index is 0.198. The highest BCUT2D eigenvalue weighted by atomic mass is 15.0. The predicted octanol–water partition coefficient (Wildman–Crippen LogP) is 3.96. The van der Waals surface area contributed by atoms with Gasteiger partial charge in [-0.25, -0.2) is 0 Å². The summed E-state index contributed by atoms with van der Waals surface area (Å²) < 4.78 is 2.38. The predicted molar refractivity (Wildman–Crippen MR) is 73.4 cm³/mol. The quantitative estimate of drug-likeness (QED) is 0.682. The van der Waals surface area contributed by atoms with Gasteiger partial charge in [-0.1, -0.05) is 31.2 Å². The molecule has 1 heterocycles. The number of hydrogen-bond acceptors (Lipinski definition) is 0. The van der Waals surface area contributed by atoms with Crippen LogP contribution in [0.3, 0.4) is 0 Å². The smallest absolute Gasteiger partial charge is 0.0483 e. The molecule has 88 valence electrons. The van der Waals surface area contributed by atoms with Crippen LogP contribution in [-0.4, -0.2) is 4.57 Å². The Kier molecular flexibility index (Phi) is 2.19. The molecule has 0 spiro atoms.